The van der Waals surface area contributed by atoms with Crippen LogP contribution in [0.4, 0.5) is 0 Å². The maximum absolute atomic E-state index is 11.9. The molecule has 0 aliphatic carbocycles. The second kappa shape index (κ2) is 6.13. The molecule has 1 heterocycles. The van der Waals surface area contributed by atoms with Gasteiger partial charge in [0.1, 0.15) is 6.10 Å². The van der Waals surface area contributed by atoms with E-state index in [2.05, 4.69) is 21.2 Å². The topological polar surface area (TPSA) is 49.3 Å². The van der Waals surface area contributed by atoms with Gasteiger partial charge >= 0.3 is 0 Å². The first-order valence-corrected chi connectivity index (χ1v) is 7.10. The summed E-state index contributed by atoms with van der Waals surface area (Å²) in [7, 11) is 0. The number of halogens is 1. The summed E-state index contributed by atoms with van der Waals surface area (Å²) in [6, 6.07) is 10.9. The van der Waals surface area contributed by atoms with Crippen LogP contribution < -0.4 is 5.32 Å². The Morgan fingerprint density at radius 3 is 2.78 bits per heavy atom. The molecule has 2 N–H and O–H groups in total. The number of rotatable bonds is 4. The van der Waals surface area contributed by atoms with Gasteiger partial charge in [0.05, 0.1) is 5.56 Å². The lowest BCUT2D eigenvalue weighted by Crippen LogP contribution is -2.28. The van der Waals surface area contributed by atoms with Crippen molar-refractivity contribution in [1.29, 1.82) is 0 Å². The molecule has 0 aliphatic heterocycles. The number of hydrogen-bond donors (Lipinski definition) is 2. The summed E-state index contributed by atoms with van der Waals surface area (Å²) in [6.07, 6.45) is -0.656. The quantitative estimate of drug-likeness (QED) is 0.907. The molecule has 2 rings (SSSR count). The zero-order valence-corrected chi connectivity index (χ0v) is 11.9. The Hall–Kier alpha value is -1.17. The molecule has 0 radical (unpaired) electrons. The molecule has 5 heteroatoms. The van der Waals surface area contributed by atoms with Crippen LogP contribution in [0.2, 0.25) is 0 Å². The number of nitrogens with one attached hydrogen (secondary N) is 1. The molecule has 0 spiro atoms. The van der Waals surface area contributed by atoms with Gasteiger partial charge in [-0.25, -0.2) is 0 Å². The number of carbonyl (C=O) groups is 1. The average molecular weight is 326 g/mol. The van der Waals surface area contributed by atoms with E-state index in [4.69, 9.17) is 0 Å². The first-order chi connectivity index (χ1) is 8.68. The van der Waals surface area contributed by atoms with Crippen molar-refractivity contribution in [3.05, 3.63) is 56.7 Å². The maximum Gasteiger partial charge on any atom is 0.252 e. The van der Waals surface area contributed by atoms with E-state index in [9.17, 15) is 9.90 Å². The molecular weight excluding hydrogens is 314 g/mol. The molecule has 94 valence electrons. The number of aliphatic hydroxyl groups excluding tert-OH is 1. The van der Waals surface area contributed by atoms with Crippen LogP contribution in [0, 0.1) is 0 Å². The average Bonchev–Trinajstić information content (AvgIpc) is 2.90. The van der Waals surface area contributed by atoms with Crippen molar-refractivity contribution in [2.75, 3.05) is 6.54 Å². The summed E-state index contributed by atoms with van der Waals surface area (Å²) in [4.78, 5) is 12.7. The zero-order valence-electron chi connectivity index (χ0n) is 9.47. The third-order valence-electron chi connectivity index (χ3n) is 2.45. The van der Waals surface area contributed by atoms with Crippen LogP contribution in [-0.2, 0) is 0 Å². The van der Waals surface area contributed by atoms with Gasteiger partial charge in [0, 0.05) is 15.9 Å². The van der Waals surface area contributed by atoms with Crippen molar-refractivity contribution in [1.82, 2.24) is 5.32 Å². The van der Waals surface area contributed by atoms with Crippen LogP contribution in [0.15, 0.2) is 46.3 Å². The van der Waals surface area contributed by atoms with E-state index in [0.717, 1.165) is 9.35 Å². The molecule has 0 saturated heterocycles. The molecule has 1 atom stereocenters. The fourth-order valence-corrected chi connectivity index (χ4v) is 2.69. The molecule has 3 nitrogen and oxygen atoms in total. The summed E-state index contributed by atoms with van der Waals surface area (Å²) in [5, 5.41) is 14.5. The third-order valence-corrected chi connectivity index (χ3v) is 4.11. The predicted molar refractivity (Wildman–Crippen MR) is 75.8 cm³/mol. The van der Waals surface area contributed by atoms with E-state index in [0.29, 0.717) is 5.56 Å². The molecule has 1 aromatic heterocycles. The van der Waals surface area contributed by atoms with Gasteiger partial charge in [-0.1, -0.05) is 18.2 Å². The van der Waals surface area contributed by atoms with Gasteiger partial charge in [0.15, 0.2) is 0 Å². The Morgan fingerprint density at radius 1 is 1.33 bits per heavy atom. The second-order valence-electron chi connectivity index (χ2n) is 3.72. The van der Waals surface area contributed by atoms with Gasteiger partial charge in [-0.3, -0.25) is 4.79 Å². The Morgan fingerprint density at radius 2 is 2.11 bits per heavy atom. The van der Waals surface area contributed by atoms with Gasteiger partial charge in [0.25, 0.3) is 5.91 Å². The number of thiophene rings is 1. The Labute approximate surface area is 118 Å². The van der Waals surface area contributed by atoms with Gasteiger partial charge < -0.3 is 10.4 Å². The maximum atomic E-state index is 11.9. The van der Waals surface area contributed by atoms with Crippen LogP contribution >= 0.6 is 27.3 Å². The van der Waals surface area contributed by atoms with E-state index in [1.807, 2.05) is 29.6 Å². The second-order valence-corrected chi connectivity index (χ2v) is 5.55. The molecule has 1 amide bonds. The van der Waals surface area contributed by atoms with Gasteiger partial charge in [-0.05, 0) is 39.5 Å². The van der Waals surface area contributed by atoms with Gasteiger partial charge in [-0.2, -0.15) is 0 Å². The molecule has 1 aromatic carbocycles. The normalized spacial score (nSPS) is 12.1. The van der Waals surface area contributed by atoms with Crippen molar-refractivity contribution in [2.45, 2.75) is 6.10 Å². The highest BCUT2D eigenvalue weighted by molar-refractivity contribution is 9.10. The molecule has 0 fully saturated rings. The summed E-state index contributed by atoms with van der Waals surface area (Å²) in [5.41, 5.74) is 0.566. The minimum atomic E-state index is -0.656. The summed E-state index contributed by atoms with van der Waals surface area (Å²) in [6.45, 7) is 0.209. The fraction of sp³-hybridized carbons (Fsp3) is 0.154. The Balaban J connectivity index is 1.95. The SMILES string of the molecule is O=C(NCC(O)c1cccs1)c1ccccc1Br. The highest BCUT2D eigenvalue weighted by atomic mass is 79.9. The monoisotopic (exact) mass is 325 g/mol. The summed E-state index contributed by atoms with van der Waals surface area (Å²) >= 11 is 4.79. The van der Waals surface area contributed by atoms with Crippen LogP contribution in [0.25, 0.3) is 0 Å². The highest BCUT2D eigenvalue weighted by Gasteiger charge is 2.12. The minimum absolute atomic E-state index is 0.196. The van der Waals surface area contributed by atoms with Gasteiger partial charge in [0.2, 0.25) is 0 Å². The Bertz CT molecular complexity index is 528. The molecule has 0 saturated carbocycles. The molecule has 2 aromatic rings. The van der Waals surface area contributed by atoms with Gasteiger partial charge in [-0.15, -0.1) is 11.3 Å². The third kappa shape index (κ3) is 3.19. The molecule has 0 aliphatic rings. The lowest BCUT2D eigenvalue weighted by atomic mass is 10.2. The number of benzene rings is 1. The lowest BCUT2D eigenvalue weighted by molar-refractivity contribution is 0.0917. The van der Waals surface area contributed by atoms with Crippen molar-refractivity contribution in [3.63, 3.8) is 0 Å². The van der Waals surface area contributed by atoms with E-state index in [1.54, 1.807) is 12.1 Å². The van der Waals surface area contributed by atoms with Crippen LogP contribution in [-0.4, -0.2) is 17.6 Å². The number of amides is 1. The van der Waals surface area contributed by atoms with Crippen molar-refractivity contribution in [2.24, 2.45) is 0 Å². The van der Waals surface area contributed by atoms with Crippen molar-refractivity contribution in [3.8, 4) is 0 Å². The number of aliphatic hydroxyl groups is 1. The molecule has 0 bridgehead atoms. The van der Waals surface area contributed by atoms with E-state index in [1.165, 1.54) is 11.3 Å². The smallest absolute Gasteiger partial charge is 0.252 e. The first-order valence-electron chi connectivity index (χ1n) is 5.42. The summed E-state index contributed by atoms with van der Waals surface area (Å²) < 4.78 is 0.744. The Kier molecular flexibility index (Phi) is 4.52. The number of carbonyl (C=O) groups excluding carboxylic acids is 1. The standard InChI is InChI=1S/C13H12BrNO2S/c14-10-5-2-1-4-9(10)13(17)15-8-11(16)12-6-3-7-18-12/h1-7,11,16H,8H2,(H,15,17). The molecule has 18 heavy (non-hydrogen) atoms. The molecule has 1 unspecified atom stereocenters. The van der Waals surface area contributed by atoms with Crippen molar-refractivity contribution >= 4 is 33.2 Å². The zero-order chi connectivity index (χ0) is 13.0. The fourth-order valence-electron chi connectivity index (χ4n) is 1.51. The van der Waals surface area contributed by atoms with Crippen LogP contribution in [0.5, 0.6) is 0 Å². The van der Waals surface area contributed by atoms with Crippen molar-refractivity contribution < 1.29 is 9.90 Å². The predicted octanol–water partition coefficient (Wildman–Crippen LogP) is 2.97. The lowest BCUT2D eigenvalue weighted by Gasteiger charge is -2.10. The van der Waals surface area contributed by atoms with Crippen LogP contribution in [0.3, 0.4) is 0 Å². The minimum Gasteiger partial charge on any atom is -0.386 e. The molecular formula is C13H12BrNO2S. The highest BCUT2D eigenvalue weighted by Crippen LogP contribution is 2.19. The first kappa shape index (κ1) is 13.3. The van der Waals surface area contributed by atoms with E-state index < -0.39 is 6.10 Å². The van der Waals surface area contributed by atoms with Crippen LogP contribution in [0.1, 0.15) is 21.3 Å². The largest absolute Gasteiger partial charge is 0.386 e. The number of hydrogen-bond acceptors (Lipinski definition) is 3. The van der Waals surface area contributed by atoms with E-state index >= 15 is 0 Å². The van der Waals surface area contributed by atoms with E-state index in [-0.39, 0.29) is 12.5 Å². The summed E-state index contributed by atoms with van der Waals surface area (Å²) in [5.74, 6) is -0.196.